The molecule has 0 unspecified atom stereocenters. The van der Waals surface area contributed by atoms with Crippen molar-refractivity contribution in [3.63, 3.8) is 0 Å². The molecule has 0 spiro atoms. The molecule has 1 heterocycles. The molecule has 5 heteroatoms. The van der Waals surface area contributed by atoms with Gasteiger partial charge < -0.3 is 20.5 Å². The second kappa shape index (κ2) is 5.13. The maximum atomic E-state index is 12.3. The molecule has 1 amide bonds. The van der Waals surface area contributed by atoms with Gasteiger partial charge in [0.05, 0.1) is 11.3 Å². The van der Waals surface area contributed by atoms with Crippen LogP contribution in [0.2, 0.25) is 0 Å². The van der Waals surface area contributed by atoms with Gasteiger partial charge in [-0.1, -0.05) is 6.07 Å². The van der Waals surface area contributed by atoms with Crippen molar-refractivity contribution in [3.05, 3.63) is 48.0 Å². The summed E-state index contributed by atoms with van der Waals surface area (Å²) in [5, 5.41) is 15.2. The topological polar surface area (TPSA) is 70.6 Å². The Balaban J connectivity index is 1.85. The molecular formula is C15H14N2O3. The highest BCUT2D eigenvalue weighted by atomic mass is 16.5. The number of carbonyl (C=O) groups excluding carboxylic acids is 1. The molecular weight excluding hydrogens is 256 g/mol. The summed E-state index contributed by atoms with van der Waals surface area (Å²) in [5.41, 5.74) is 1.94. The largest absolute Gasteiger partial charge is 0.508 e. The number of hydrogen-bond acceptors (Lipinski definition) is 4. The van der Waals surface area contributed by atoms with Crippen LogP contribution >= 0.6 is 0 Å². The van der Waals surface area contributed by atoms with Gasteiger partial charge in [-0.05, 0) is 36.4 Å². The van der Waals surface area contributed by atoms with Crippen molar-refractivity contribution < 1.29 is 14.6 Å². The van der Waals surface area contributed by atoms with Crippen LogP contribution in [0.1, 0.15) is 10.4 Å². The van der Waals surface area contributed by atoms with Crippen LogP contribution < -0.4 is 15.4 Å². The number of carbonyl (C=O) groups is 1. The number of hydrogen-bond donors (Lipinski definition) is 3. The smallest absolute Gasteiger partial charge is 0.259 e. The van der Waals surface area contributed by atoms with Gasteiger partial charge in [0.1, 0.15) is 12.4 Å². The Hall–Kier alpha value is -2.69. The van der Waals surface area contributed by atoms with E-state index in [1.54, 1.807) is 18.2 Å². The summed E-state index contributed by atoms with van der Waals surface area (Å²) >= 11 is 0. The molecule has 0 saturated carbocycles. The van der Waals surface area contributed by atoms with Crippen LogP contribution in [0.25, 0.3) is 0 Å². The molecule has 0 fully saturated rings. The number of fused-ring (bicyclic) bond motifs is 1. The molecule has 3 N–H and O–H groups in total. The number of phenolic OH excluding ortho intramolecular Hbond substituents is 1. The first-order valence-corrected chi connectivity index (χ1v) is 6.34. The molecule has 20 heavy (non-hydrogen) atoms. The van der Waals surface area contributed by atoms with Gasteiger partial charge >= 0.3 is 0 Å². The van der Waals surface area contributed by atoms with Gasteiger partial charge in [0, 0.05) is 12.2 Å². The van der Waals surface area contributed by atoms with Crippen LogP contribution in [0, 0.1) is 0 Å². The average molecular weight is 270 g/mol. The van der Waals surface area contributed by atoms with E-state index in [-0.39, 0.29) is 11.7 Å². The SMILES string of the molecule is O=C(Nc1ccc(O)cc1)c1cccc2c1OCCN2. The van der Waals surface area contributed by atoms with Crippen LogP contribution in [0.5, 0.6) is 11.5 Å². The van der Waals surface area contributed by atoms with E-state index >= 15 is 0 Å². The number of ether oxygens (including phenoxy) is 1. The lowest BCUT2D eigenvalue weighted by atomic mass is 10.1. The normalized spacial score (nSPS) is 12.8. The Labute approximate surface area is 116 Å². The lowest BCUT2D eigenvalue weighted by Crippen LogP contribution is -2.21. The molecule has 0 aliphatic carbocycles. The van der Waals surface area contributed by atoms with Crippen LogP contribution in [0.15, 0.2) is 42.5 Å². The van der Waals surface area contributed by atoms with Gasteiger partial charge in [-0.15, -0.1) is 0 Å². The van der Waals surface area contributed by atoms with Gasteiger partial charge in [0.25, 0.3) is 5.91 Å². The Morgan fingerprint density at radius 2 is 2.00 bits per heavy atom. The number of nitrogens with one attached hydrogen (secondary N) is 2. The third kappa shape index (κ3) is 2.38. The lowest BCUT2D eigenvalue weighted by molar-refractivity contribution is 0.102. The molecule has 2 aromatic carbocycles. The summed E-state index contributed by atoms with van der Waals surface area (Å²) in [6.07, 6.45) is 0. The third-order valence-corrected chi connectivity index (χ3v) is 3.05. The average Bonchev–Trinajstić information content (AvgIpc) is 2.49. The molecule has 102 valence electrons. The molecule has 0 bridgehead atoms. The number of phenols is 1. The molecule has 0 atom stereocenters. The predicted molar refractivity (Wildman–Crippen MR) is 76.5 cm³/mol. The molecule has 1 aliphatic rings. The van der Waals surface area contributed by atoms with Gasteiger partial charge in [-0.2, -0.15) is 0 Å². The first kappa shape index (κ1) is 12.3. The zero-order valence-corrected chi connectivity index (χ0v) is 10.7. The molecule has 0 radical (unpaired) electrons. The van der Waals surface area contributed by atoms with Crippen molar-refractivity contribution in [2.24, 2.45) is 0 Å². The fraction of sp³-hybridized carbons (Fsp3) is 0.133. The fourth-order valence-corrected chi connectivity index (χ4v) is 2.09. The molecule has 3 rings (SSSR count). The van der Waals surface area contributed by atoms with Crippen molar-refractivity contribution in [1.29, 1.82) is 0 Å². The molecule has 0 aromatic heterocycles. The molecule has 0 saturated heterocycles. The highest BCUT2D eigenvalue weighted by molar-refractivity contribution is 6.07. The van der Waals surface area contributed by atoms with Crippen LogP contribution in [-0.2, 0) is 0 Å². The third-order valence-electron chi connectivity index (χ3n) is 3.05. The number of amides is 1. The van der Waals surface area contributed by atoms with Crippen molar-refractivity contribution in [2.75, 3.05) is 23.8 Å². The number of para-hydroxylation sites is 1. The van der Waals surface area contributed by atoms with E-state index in [0.29, 0.717) is 23.6 Å². The quantitative estimate of drug-likeness (QED) is 0.733. The zero-order valence-electron chi connectivity index (χ0n) is 10.7. The highest BCUT2D eigenvalue weighted by Gasteiger charge is 2.18. The molecule has 2 aromatic rings. The van der Waals surface area contributed by atoms with Gasteiger partial charge in [-0.3, -0.25) is 4.79 Å². The number of aromatic hydroxyl groups is 1. The summed E-state index contributed by atoms with van der Waals surface area (Å²) in [6, 6.07) is 11.7. The Morgan fingerprint density at radius 3 is 2.80 bits per heavy atom. The zero-order chi connectivity index (χ0) is 13.9. The minimum atomic E-state index is -0.240. The minimum absolute atomic E-state index is 0.160. The van der Waals surface area contributed by atoms with Gasteiger partial charge in [-0.25, -0.2) is 0 Å². The first-order valence-electron chi connectivity index (χ1n) is 6.34. The van der Waals surface area contributed by atoms with Crippen molar-refractivity contribution in [2.45, 2.75) is 0 Å². The van der Waals surface area contributed by atoms with E-state index < -0.39 is 0 Å². The lowest BCUT2D eigenvalue weighted by Gasteiger charge is -2.21. The Bertz CT molecular complexity index is 638. The van der Waals surface area contributed by atoms with Gasteiger partial charge in [0.2, 0.25) is 0 Å². The standard InChI is InChI=1S/C15H14N2O3/c18-11-6-4-10(5-7-11)17-15(19)12-2-1-3-13-14(12)20-9-8-16-13/h1-7,16,18H,8-9H2,(H,17,19). The summed E-state index contributed by atoms with van der Waals surface area (Å²) < 4.78 is 5.57. The predicted octanol–water partition coefficient (Wildman–Crippen LogP) is 2.45. The maximum absolute atomic E-state index is 12.3. The summed E-state index contributed by atoms with van der Waals surface area (Å²) in [4.78, 5) is 12.3. The van der Waals surface area contributed by atoms with E-state index in [4.69, 9.17) is 4.74 Å². The minimum Gasteiger partial charge on any atom is -0.508 e. The monoisotopic (exact) mass is 270 g/mol. The molecule has 1 aliphatic heterocycles. The van der Waals surface area contributed by atoms with Crippen molar-refractivity contribution in [3.8, 4) is 11.5 Å². The highest BCUT2D eigenvalue weighted by Crippen LogP contribution is 2.31. The number of benzene rings is 2. The van der Waals surface area contributed by atoms with E-state index in [0.717, 1.165) is 12.2 Å². The van der Waals surface area contributed by atoms with E-state index in [1.807, 2.05) is 12.1 Å². The fourth-order valence-electron chi connectivity index (χ4n) is 2.09. The summed E-state index contributed by atoms with van der Waals surface area (Å²) in [6.45, 7) is 1.27. The summed E-state index contributed by atoms with van der Waals surface area (Å²) in [7, 11) is 0. The van der Waals surface area contributed by atoms with Crippen LogP contribution in [-0.4, -0.2) is 24.2 Å². The van der Waals surface area contributed by atoms with Gasteiger partial charge in [0.15, 0.2) is 5.75 Å². The van der Waals surface area contributed by atoms with E-state index in [1.165, 1.54) is 12.1 Å². The second-order valence-electron chi connectivity index (χ2n) is 4.46. The Morgan fingerprint density at radius 1 is 1.20 bits per heavy atom. The van der Waals surface area contributed by atoms with E-state index in [9.17, 15) is 9.90 Å². The van der Waals surface area contributed by atoms with E-state index in [2.05, 4.69) is 10.6 Å². The van der Waals surface area contributed by atoms with Crippen molar-refractivity contribution >= 4 is 17.3 Å². The van der Waals surface area contributed by atoms with Crippen molar-refractivity contribution in [1.82, 2.24) is 0 Å². The maximum Gasteiger partial charge on any atom is 0.259 e. The molecule has 5 nitrogen and oxygen atoms in total. The first-order chi connectivity index (χ1) is 9.74. The number of rotatable bonds is 2. The van der Waals surface area contributed by atoms with Crippen LogP contribution in [0.3, 0.4) is 0 Å². The Kier molecular flexibility index (Phi) is 3.16. The van der Waals surface area contributed by atoms with Crippen LogP contribution in [0.4, 0.5) is 11.4 Å². The second-order valence-corrected chi connectivity index (χ2v) is 4.46. The summed E-state index contributed by atoms with van der Waals surface area (Å²) in [5.74, 6) is 0.499. The number of anilines is 2.